The quantitative estimate of drug-likeness (QED) is 0.780. The lowest BCUT2D eigenvalue weighted by atomic mass is 9.88. The normalized spacial score (nSPS) is 12.8. The third-order valence-electron chi connectivity index (χ3n) is 3.42. The van der Waals surface area contributed by atoms with Crippen molar-refractivity contribution < 1.29 is 21.8 Å². The molecule has 0 aliphatic carbocycles. The Kier molecular flexibility index (Phi) is 5.16. The molecule has 0 saturated heterocycles. The third kappa shape index (κ3) is 3.26. The van der Waals surface area contributed by atoms with Crippen LogP contribution in [0.5, 0.6) is 0 Å². The molecule has 0 fully saturated rings. The largest absolute Gasteiger partial charge is 0.744 e. The van der Waals surface area contributed by atoms with Crippen LogP contribution in [-0.4, -0.2) is 13.0 Å². The van der Waals surface area contributed by atoms with Gasteiger partial charge in [0.25, 0.3) is 0 Å². The lowest BCUT2D eigenvalue weighted by Crippen LogP contribution is -2.17. The molecule has 21 heavy (non-hydrogen) atoms. The molecular weight excluding hydrogens is 298 g/mol. The van der Waals surface area contributed by atoms with Gasteiger partial charge in [0.2, 0.25) is 0 Å². The average molecular weight is 319 g/mol. The van der Waals surface area contributed by atoms with Gasteiger partial charge in [-0.15, -0.1) is 0 Å². The van der Waals surface area contributed by atoms with E-state index in [0.717, 1.165) is 0 Å². The van der Waals surface area contributed by atoms with Crippen LogP contribution in [0.4, 0.5) is 8.78 Å². The fourth-order valence-corrected chi connectivity index (χ4v) is 3.73. The van der Waals surface area contributed by atoms with E-state index in [1.165, 1.54) is 0 Å². The van der Waals surface area contributed by atoms with Crippen molar-refractivity contribution in [1.82, 2.24) is 0 Å². The molecule has 0 N–H and O–H groups in total. The van der Waals surface area contributed by atoms with E-state index in [2.05, 4.69) is 0 Å². The molecule has 0 atom stereocenters. The lowest BCUT2D eigenvalue weighted by molar-refractivity contribution is 0.448. The van der Waals surface area contributed by atoms with E-state index in [0.29, 0.717) is 0 Å². The van der Waals surface area contributed by atoms with Gasteiger partial charge in [-0.1, -0.05) is 41.5 Å². The van der Waals surface area contributed by atoms with Crippen LogP contribution in [0, 0.1) is 11.6 Å². The molecule has 0 aliphatic rings. The van der Waals surface area contributed by atoms with Gasteiger partial charge in [-0.05, 0) is 17.8 Å². The van der Waals surface area contributed by atoms with Crippen LogP contribution in [0.3, 0.4) is 0 Å². The summed E-state index contributed by atoms with van der Waals surface area (Å²) in [6, 6.07) is 0. The Morgan fingerprint density at radius 1 is 0.762 bits per heavy atom. The Balaban J connectivity index is 4.12. The molecule has 1 rings (SSSR count). The van der Waals surface area contributed by atoms with Gasteiger partial charge in [0, 0.05) is 16.7 Å². The van der Waals surface area contributed by atoms with Gasteiger partial charge in [-0.3, -0.25) is 0 Å². The first kappa shape index (κ1) is 18.0. The van der Waals surface area contributed by atoms with Gasteiger partial charge in [0.1, 0.15) is 21.8 Å². The Morgan fingerprint density at radius 2 is 1.05 bits per heavy atom. The van der Waals surface area contributed by atoms with Crippen LogP contribution in [0.1, 0.15) is 76.0 Å². The number of halogens is 2. The van der Waals surface area contributed by atoms with Crippen molar-refractivity contribution in [2.45, 2.75) is 64.2 Å². The molecule has 0 aliphatic heterocycles. The summed E-state index contributed by atoms with van der Waals surface area (Å²) in [6.45, 7) is 9.58. The molecule has 0 amide bonds. The van der Waals surface area contributed by atoms with Gasteiger partial charge < -0.3 is 4.55 Å². The number of hydrogen-bond acceptors (Lipinski definition) is 3. The van der Waals surface area contributed by atoms with Crippen LogP contribution < -0.4 is 0 Å². The number of hydrogen-bond donors (Lipinski definition) is 0. The molecule has 1 aromatic rings. The van der Waals surface area contributed by atoms with Crippen LogP contribution in [0.25, 0.3) is 0 Å². The monoisotopic (exact) mass is 319 g/mol. The van der Waals surface area contributed by atoms with Crippen molar-refractivity contribution in [2.75, 3.05) is 0 Å². The molecule has 0 unspecified atom stereocenters. The molecule has 0 spiro atoms. The van der Waals surface area contributed by atoms with Gasteiger partial charge in [0.15, 0.2) is 0 Å². The van der Waals surface area contributed by atoms with E-state index < -0.39 is 44.4 Å². The summed E-state index contributed by atoms with van der Waals surface area (Å²) < 4.78 is 64.0. The summed E-state index contributed by atoms with van der Waals surface area (Å²) >= 11 is 0. The first-order chi connectivity index (χ1) is 9.41. The highest BCUT2D eigenvalue weighted by molar-refractivity contribution is 7.85. The van der Waals surface area contributed by atoms with E-state index in [1.54, 1.807) is 41.5 Å². The van der Waals surface area contributed by atoms with Crippen LogP contribution in [-0.2, 0) is 10.1 Å². The fraction of sp³-hybridized carbons (Fsp3) is 0.600. The zero-order chi connectivity index (χ0) is 16.7. The molecule has 0 saturated carbocycles. The first-order valence-corrected chi connectivity index (χ1v) is 8.32. The minimum atomic E-state index is -4.97. The predicted molar refractivity (Wildman–Crippen MR) is 76.6 cm³/mol. The molecule has 0 bridgehead atoms. The number of rotatable bonds is 4. The second-order valence-electron chi connectivity index (χ2n) is 6.12. The summed E-state index contributed by atoms with van der Waals surface area (Å²) in [5, 5.41) is 0. The highest BCUT2D eigenvalue weighted by Crippen LogP contribution is 2.39. The second kappa shape index (κ2) is 6.01. The van der Waals surface area contributed by atoms with Gasteiger partial charge in [-0.2, -0.15) is 0 Å². The second-order valence-corrected chi connectivity index (χ2v) is 7.43. The zero-order valence-corrected chi connectivity index (χ0v) is 13.9. The fourth-order valence-electron chi connectivity index (χ4n) is 2.54. The van der Waals surface area contributed by atoms with Gasteiger partial charge in [0.05, 0.1) is 4.90 Å². The topological polar surface area (TPSA) is 57.2 Å². The van der Waals surface area contributed by atoms with E-state index in [9.17, 15) is 21.8 Å². The zero-order valence-electron chi connectivity index (χ0n) is 13.1. The average Bonchev–Trinajstić information content (AvgIpc) is 2.24. The predicted octanol–water partition coefficient (Wildman–Crippen LogP) is 4.24. The van der Waals surface area contributed by atoms with Crippen molar-refractivity contribution in [3.05, 3.63) is 28.3 Å². The van der Waals surface area contributed by atoms with Crippen molar-refractivity contribution >= 4 is 10.1 Å². The van der Waals surface area contributed by atoms with E-state index in [4.69, 9.17) is 0 Å². The van der Waals surface area contributed by atoms with Crippen molar-refractivity contribution in [3.63, 3.8) is 0 Å². The Bertz CT molecular complexity index is 612. The van der Waals surface area contributed by atoms with Crippen LogP contribution in [0.2, 0.25) is 0 Å². The Morgan fingerprint density at radius 3 is 1.24 bits per heavy atom. The van der Waals surface area contributed by atoms with Gasteiger partial charge in [-0.25, -0.2) is 17.2 Å². The molecule has 0 heterocycles. The van der Waals surface area contributed by atoms with E-state index >= 15 is 0 Å². The van der Waals surface area contributed by atoms with Crippen molar-refractivity contribution in [2.24, 2.45) is 0 Å². The van der Waals surface area contributed by atoms with Crippen LogP contribution in [0.15, 0.2) is 4.90 Å². The summed E-state index contributed by atoms with van der Waals surface area (Å²) in [5.41, 5.74) is -0.576. The highest BCUT2D eigenvalue weighted by Gasteiger charge is 2.31. The highest BCUT2D eigenvalue weighted by atomic mass is 32.2. The van der Waals surface area contributed by atoms with Gasteiger partial charge >= 0.3 is 0 Å². The van der Waals surface area contributed by atoms with E-state index in [-0.39, 0.29) is 16.7 Å². The first-order valence-electron chi connectivity index (χ1n) is 6.91. The maximum atomic E-state index is 14.6. The minimum Gasteiger partial charge on any atom is -0.744 e. The maximum absolute atomic E-state index is 14.6. The van der Waals surface area contributed by atoms with Crippen molar-refractivity contribution in [1.29, 1.82) is 0 Å². The maximum Gasteiger partial charge on any atom is 0.134 e. The molecule has 3 nitrogen and oxygen atoms in total. The third-order valence-corrected chi connectivity index (χ3v) is 4.36. The standard InChI is InChI=1S/C15H22F2O3S/c1-7(2)10-13(16)11(8(3)4)15(21(18,19)20)12(9(5)6)14(10)17/h7-9H,1-6H3,(H,18,19,20)/p-1. The SMILES string of the molecule is CC(C)c1c(F)c(C(C)C)c(S(=O)(=O)[O-])c(C(C)C)c1F. The summed E-state index contributed by atoms with van der Waals surface area (Å²) in [7, 11) is -4.97. The minimum absolute atomic E-state index is 0.158. The summed E-state index contributed by atoms with van der Waals surface area (Å²) in [4.78, 5) is -0.730. The molecular formula is C15H21F2O3S-. The molecule has 0 aromatic heterocycles. The van der Waals surface area contributed by atoms with Crippen LogP contribution >= 0.6 is 0 Å². The van der Waals surface area contributed by atoms with E-state index in [1.807, 2.05) is 0 Å². The van der Waals surface area contributed by atoms with Crippen molar-refractivity contribution in [3.8, 4) is 0 Å². The molecule has 6 heteroatoms. The molecule has 0 radical (unpaired) electrons. The molecule has 120 valence electrons. The number of benzene rings is 1. The Labute approximate surface area is 125 Å². The Hall–Kier alpha value is -1.01. The smallest absolute Gasteiger partial charge is 0.134 e. The summed E-state index contributed by atoms with van der Waals surface area (Å²) in [5.74, 6) is -3.38. The molecule has 1 aromatic carbocycles. The lowest BCUT2D eigenvalue weighted by Gasteiger charge is -2.26. The summed E-state index contributed by atoms with van der Waals surface area (Å²) in [6.07, 6.45) is 0.